The highest BCUT2D eigenvalue weighted by Crippen LogP contribution is 2.54. The Kier molecular flexibility index (Phi) is 17.6. The molecule has 0 radical (unpaired) electrons. The first kappa shape index (κ1) is 25.1. The van der Waals surface area contributed by atoms with Crippen molar-refractivity contribution in [2.24, 2.45) is 11.8 Å². The fourth-order valence-corrected chi connectivity index (χ4v) is 3.87. The molecule has 0 aliphatic heterocycles. The van der Waals surface area contributed by atoms with Crippen LogP contribution in [0.1, 0.15) is 79.1 Å². The number of rotatable bonds is 14. The highest BCUT2D eigenvalue weighted by atomic mass is 32.9. The Morgan fingerprint density at radius 2 is 1.23 bits per heavy atom. The van der Waals surface area contributed by atoms with Crippen LogP contribution in [0.3, 0.4) is 0 Å². The first-order chi connectivity index (χ1) is 9.99. The molecule has 3 nitrogen and oxygen atoms in total. The van der Waals surface area contributed by atoms with E-state index < -0.39 is 5.69 Å². The molecule has 0 aromatic rings. The molecule has 0 heterocycles. The van der Waals surface area contributed by atoms with Crippen molar-refractivity contribution in [3.8, 4) is 0 Å². The van der Waals surface area contributed by atoms with Crippen molar-refractivity contribution >= 4 is 29.7 Å². The van der Waals surface area contributed by atoms with Crippen LogP contribution in [-0.4, -0.2) is 13.2 Å². The zero-order valence-electron chi connectivity index (χ0n) is 15.1. The molecule has 0 fully saturated rings. The fraction of sp³-hybridized carbons (Fsp3) is 1.00. The van der Waals surface area contributed by atoms with Crippen molar-refractivity contribution in [3.63, 3.8) is 0 Å². The summed E-state index contributed by atoms with van der Waals surface area (Å²) >= 11 is 9.91. The van der Waals surface area contributed by atoms with Crippen LogP contribution in [0.2, 0.25) is 0 Å². The van der Waals surface area contributed by atoms with Crippen molar-refractivity contribution < 1.29 is 9.05 Å². The third kappa shape index (κ3) is 13.3. The van der Waals surface area contributed by atoms with Crippen molar-refractivity contribution in [3.05, 3.63) is 0 Å². The van der Waals surface area contributed by atoms with Gasteiger partial charge in [0, 0.05) is 0 Å². The van der Waals surface area contributed by atoms with Crippen molar-refractivity contribution in [2.75, 3.05) is 13.2 Å². The molecule has 0 aromatic heterocycles. The first-order valence-electron chi connectivity index (χ1n) is 8.60. The van der Waals surface area contributed by atoms with E-state index >= 15 is 0 Å². The van der Waals surface area contributed by atoms with Crippen molar-refractivity contribution in [2.45, 2.75) is 79.1 Å². The van der Waals surface area contributed by atoms with E-state index in [1.165, 1.54) is 38.5 Å². The van der Waals surface area contributed by atoms with Crippen LogP contribution in [0.25, 0.3) is 0 Å². The van der Waals surface area contributed by atoms with Crippen LogP contribution in [0.4, 0.5) is 0 Å². The minimum Gasteiger partial charge on any atom is -0.344 e. The Hall–Kier alpha value is 0.880. The normalized spacial score (nSPS) is 16.6. The van der Waals surface area contributed by atoms with E-state index in [2.05, 4.69) is 39.9 Å². The van der Waals surface area contributed by atoms with Gasteiger partial charge < -0.3 is 15.2 Å². The Morgan fingerprint density at radius 1 is 0.864 bits per heavy atom. The largest absolute Gasteiger partial charge is 0.344 e. The average molecular weight is 372 g/mol. The van der Waals surface area contributed by atoms with E-state index in [0.29, 0.717) is 25.0 Å². The van der Waals surface area contributed by atoms with Crippen LogP contribution < -0.4 is 6.15 Å². The average Bonchev–Trinajstić information content (AvgIpc) is 2.47. The second-order valence-electron chi connectivity index (χ2n) is 5.89. The quantitative estimate of drug-likeness (QED) is 0.261. The van der Waals surface area contributed by atoms with Crippen molar-refractivity contribution in [1.29, 1.82) is 0 Å². The highest BCUT2D eigenvalue weighted by molar-refractivity contribution is 8.60. The zero-order valence-corrected chi connectivity index (χ0v) is 17.7. The number of hydrogen-bond acceptors (Lipinski definition) is 4. The zero-order chi connectivity index (χ0) is 16.1. The molecule has 22 heavy (non-hydrogen) atoms. The SMILES string of the molecule is CCCCC(CC)COP(=S)(S)OCC(CC)CCCC.N. The Bertz CT molecular complexity index is 269. The Balaban J connectivity index is 0. The topological polar surface area (TPSA) is 53.5 Å². The van der Waals surface area contributed by atoms with Crippen LogP contribution in [-0.2, 0) is 20.9 Å². The van der Waals surface area contributed by atoms with Crippen molar-refractivity contribution in [1.82, 2.24) is 6.15 Å². The summed E-state index contributed by atoms with van der Waals surface area (Å²) < 4.78 is 11.7. The van der Waals surface area contributed by atoms with E-state index in [1.54, 1.807) is 0 Å². The second-order valence-corrected chi connectivity index (χ2v) is 11.2. The highest BCUT2D eigenvalue weighted by Gasteiger charge is 2.18. The molecular formula is C16H38NO2PS2. The minimum atomic E-state index is -2.36. The van der Waals surface area contributed by atoms with Crippen LogP contribution >= 0.6 is 17.9 Å². The third-order valence-electron chi connectivity index (χ3n) is 4.03. The Labute approximate surface area is 149 Å². The molecule has 0 saturated heterocycles. The molecule has 0 aromatic carbocycles. The molecule has 2 atom stereocenters. The minimum absolute atomic E-state index is 0. The summed E-state index contributed by atoms with van der Waals surface area (Å²) in [5.41, 5.74) is -2.36. The summed E-state index contributed by atoms with van der Waals surface area (Å²) in [6.45, 7) is 10.3. The molecule has 0 aliphatic carbocycles. The maximum absolute atomic E-state index is 5.85. The molecule has 2 unspecified atom stereocenters. The molecule has 3 N–H and O–H groups in total. The van der Waals surface area contributed by atoms with Crippen LogP contribution in [0, 0.1) is 11.8 Å². The van der Waals surface area contributed by atoms with Gasteiger partial charge in [-0.05, 0) is 36.5 Å². The smallest absolute Gasteiger partial charge is 0.244 e. The van der Waals surface area contributed by atoms with E-state index in [-0.39, 0.29) is 6.15 Å². The second kappa shape index (κ2) is 15.4. The molecular weight excluding hydrogens is 333 g/mol. The molecule has 0 saturated carbocycles. The standard InChI is InChI=1S/C16H35O2PS2.H3N/c1-5-9-11-15(7-3)13-17-19(20,21)18-14-16(8-4)12-10-6-2;/h15-16H,5-14H2,1-4H3,(H,20,21);1H3. The van der Waals surface area contributed by atoms with Gasteiger partial charge in [-0.3, -0.25) is 0 Å². The van der Waals surface area contributed by atoms with Gasteiger partial charge in [-0.1, -0.05) is 78.5 Å². The summed E-state index contributed by atoms with van der Waals surface area (Å²) in [5, 5.41) is 0. The molecule has 6 heteroatoms. The van der Waals surface area contributed by atoms with Crippen LogP contribution in [0.5, 0.6) is 0 Å². The molecule has 0 spiro atoms. The summed E-state index contributed by atoms with van der Waals surface area (Å²) in [4.78, 5) is 0. The lowest BCUT2D eigenvalue weighted by Gasteiger charge is -2.23. The summed E-state index contributed by atoms with van der Waals surface area (Å²) in [5.74, 6) is 1.18. The first-order valence-corrected chi connectivity index (χ1v) is 12.4. The molecule has 0 rings (SSSR count). The predicted octanol–water partition coefficient (Wildman–Crippen LogP) is 6.77. The monoisotopic (exact) mass is 371 g/mol. The summed E-state index contributed by atoms with van der Waals surface area (Å²) in [6.07, 6.45) is 9.68. The van der Waals surface area contributed by atoms with E-state index in [9.17, 15) is 0 Å². The Morgan fingerprint density at radius 3 is 1.50 bits per heavy atom. The molecule has 0 bridgehead atoms. The summed E-state index contributed by atoms with van der Waals surface area (Å²) in [6, 6.07) is 0. The van der Waals surface area contributed by atoms with Gasteiger partial charge in [0.2, 0.25) is 5.69 Å². The molecule has 0 aliphatic rings. The van der Waals surface area contributed by atoms with Gasteiger partial charge in [0.1, 0.15) is 0 Å². The van der Waals surface area contributed by atoms with Gasteiger partial charge in [-0.15, -0.1) is 0 Å². The predicted molar refractivity (Wildman–Crippen MR) is 107 cm³/mol. The maximum atomic E-state index is 5.85. The van der Waals surface area contributed by atoms with Gasteiger partial charge >= 0.3 is 0 Å². The maximum Gasteiger partial charge on any atom is 0.244 e. The number of thiol groups is 1. The van der Waals surface area contributed by atoms with E-state index in [4.69, 9.17) is 20.9 Å². The summed E-state index contributed by atoms with van der Waals surface area (Å²) in [7, 11) is 0. The lowest BCUT2D eigenvalue weighted by molar-refractivity contribution is 0.189. The fourth-order valence-electron chi connectivity index (χ4n) is 2.23. The third-order valence-corrected chi connectivity index (χ3v) is 6.31. The lowest BCUT2D eigenvalue weighted by atomic mass is 10.0. The van der Waals surface area contributed by atoms with Gasteiger partial charge in [0.15, 0.2) is 0 Å². The van der Waals surface area contributed by atoms with Crippen LogP contribution in [0.15, 0.2) is 0 Å². The van der Waals surface area contributed by atoms with Gasteiger partial charge in [0.25, 0.3) is 0 Å². The number of hydrogen-bond donors (Lipinski definition) is 2. The molecule has 0 amide bonds. The lowest BCUT2D eigenvalue weighted by Crippen LogP contribution is -2.10. The van der Waals surface area contributed by atoms with E-state index in [0.717, 1.165) is 12.8 Å². The van der Waals surface area contributed by atoms with Gasteiger partial charge in [-0.25, -0.2) is 0 Å². The van der Waals surface area contributed by atoms with Gasteiger partial charge in [0.05, 0.1) is 13.2 Å². The number of unbranched alkanes of at least 4 members (excludes halogenated alkanes) is 2. The van der Waals surface area contributed by atoms with E-state index in [1.807, 2.05) is 0 Å². The molecule has 136 valence electrons. The van der Waals surface area contributed by atoms with Gasteiger partial charge in [-0.2, -0.15) is 0 Å².